The largest absolute Gasteiger partial charge is 0.480 e. The second-order valence-corrected chi connectivity index (χ2v) is 11.5. The summed E-state index contributed by atoms with van der Waals surface area (Å²) in [5.74, 6) is -0.859. The number of benzene rings is 2. The monoisotopic (exact) mass is 570 g/mol. The molecule has 3 amide bonds. The molecule has 218 valence electrons. The van der Waals surface area contributed by atoms with Gasteiger partial charge in [-0.2, -0.15) is 11.8 Å². The third-order valence-corrected chi connectivity index (χ3v) is 8.37. The van der Waals surface area contributed by atoms with Crippen LogP contribution < -0.4 is 10.6 Å². The minimum absolute atomic E-state index is 0.0149. The zero-order valence-electron chi connectivity index (χ0n) is 23.7. The smallest absolute Gasteiger partial charge is 0.326 e. The van der Waals surface area contributed by atoms with E-state index in [2.05, 4.69) is 24.5 Å². The normalized spacial score (nSPS) is 17.4. The van der Waals surface area contributed by atoms with E-state index in [1.54, 1.807) is 4.90 Å². The van der Waals surface area contributed by atoms with Gasteiger partial charge in [-0.15, -0.1) is 0 Å². The Morgan fingerprint density at radius 3 is 2.62 bits per heavy atom. The molecule has 0 spiro atoms. The highest BCUT2D eigenvalue weighted by Crippen LogP contribution is 2.22. The Morgan fingerprint density at radius 1 is 1.18 bits per heavy atom. The molecule has 3 rings (SSSR count). The third-order valence-electron chi connectivity index (χ3n) is 7.73. The van der Waals surface area contributed by atoms with Crippen LogP contribution in [0.5, 0.6) is 0 Å². The number of nitrogens with zero attached hydrogens (tertiary/aromatic N) is 2. The van der Waals surface area contributed by atoms with Crippen molar-refractivity contribution in [1.82, 2.24) is 20.4 Å². The third kappa shape index (κ3) is 8.69. The summed E-state index contributed by atoms with van der Waals surface area (Å²) >= 11 is 1.53. The minimum atomic E-state index is -1.05. The van der Waals surface area contributed by atoms with Gasteiger partial charge in [0.1, 0.15) is 12.1 Å². The maximum Gasteiger partial charge on any atom is 0.326 e. The lowest BCUT2D eigenvalue weighted by Gasteiger charge is -2.33. The van der Waals surface area contributed by atoms with Crippen molar-refractivity contribution in [2.45, 2.75) is 64.2 Å². The predicted octanol–water partition coefficient (Wildman–Crippen LogP) is 3.12. The number of rotatable bonds is 16. The average molecular weight is 571 g/mol. The first-order valence-electron chi connectivity index (χ1n) is 14.0. The summed E-state index contributed by atoms with van der Waals surface area (Å²) in [7, 11) is 0. The van der Waals surface area contributed by atoms with Crippen molar-refractivity contribution in [3.05, 3.63) is 48.0 Å². The summed E-state index contributed by atoms with van der Waals surface area (Å²) in [5.41, 5.74) is 1.04. The molecular formula is C30H42N4O5S. The van der Waals surface area contributed by atoms with Crippen molar-refractivity contribution < 1.29 is 24.3 Å². The van der Waals surface area contributed by atoms with Gasteiger partial charge in [-0.1, -0.05) is 62.7 Å². The Kier molecular flexibility index (Phi) is 12.3. The van der Waals surface area contributed by atoms with Crippen LogP contribution in [0.2, 0.25) is 0 Å². The molecule has 2 aromatic rings. The van der Waals surface area contributed by atoms with Crippen LogP contribution in [0.3, 0.4) is 0 Å². The maximum absolute atomic E-state index is 13.2. The predicted molar refractivity (Wildman–Crippen MR) is 159 cm³/mol. The van der Waals surface area contributed by atoms with Crippen LogP contribution in [0.1, 0.15) is 45.1 Å². The zero-order chi connectivity index (χ0) is 29.1. The van der Waals surface area contributed by atoms with E-state index < -0.39 is 18.1 Å². The lowest BCUT2D eigenvalue weighted by Crippen LogP contribution is -2.53. The Labute approximate surface area is 241 Å². The van der Waals surface area contributed by atoms with Crippen molar-refractivity contribution in [2.24, 2.45) is 5.92 Å². The van der Waals surface area contributed by atoms with Crippen molar-refractivity contribution >= 4 is 46.7 Å². The number of fused-ring (bicyclic) bond motifs is 1. The van der Waals surface area contributed by atoms with Gasteiger partial charge >= 0.3 is 5.97 Å². The Hall–Kier alpha value is -3.11. The zero-order valence-corrected chi connectivity index (χ0v) is 24.5. The molecule has 1 heterocycles. The number of carboxylic acids is 1. The van der Waals surface area contributed by atoms with E-state index >= 15 is 0 Å². The number of thioether (sulfide) groups is 1. The summed E-state index contributed by atoms with van der Waals surface area (Å²) in [6.45, 7) is 5.53. The molecular weight excluding hydrogens is 528 g/mol. The van der Waals surface area contributed by atoms with E-state index in [0.717, 1.165) is 35.6 Å². The van der Waals surface area contributed by atoms with Gasteiger partial charge in [-0.25, -0.2) is 4.79 Å². The van der Waals surface area contributed by atoms with Gasteiger partial charge in [0.05, 0.1) is 6.54 Å². The summed E-state index contributed by atoms with van der Waals surface area (Å²) in [6.07, 6.45) is 5.22. The molecule has 0 aliphatic carbocycles. The van der Waals surface area contributed by atoms with Crippen LogP contribution in [-0.4, -0.2) is 88.9 Å². The molecule has 4 atom stereocenters. The number of hydrogen-bond donors (Lipinski definition) is 3. The van der Waals surface area contributed by atoms with Crippen LogP contribution in [0, 0.1) is 5.92 Å². The van der Waals surface area contributed by atoms with E-state index in [1.807, 2.05) is 53.6 Å². The van der Waals surface area contributed by atoms with E-state index in [1.165, 1.54) is 11.8 Å². The van der Waals surface area contributed by atoms with Crippen LogP contribution in [0.15, 0.2) is 42.5 Å². The van der Waals surface area contributed by atoms with Crippen molar-refractivity contribution in [2.75, 3.05) is 31.6 Å². The highest BCUT2D eigenvalue weighted by Gasteiger charge is 2.32. The molecule has 2 aromatic carbocycles. The highest BCUT2D eigenvalue weighted by atomic mass is 32.2. The molecule has 40 heavy (non-hydrogen) atoms. The first kappa shape index (κ1) is 31.4. The quantitative estimate of drug-likeness (QED) is 0.265. The van der Waals surface area contributed by atoms with Gasteiger partial charge in [-0.3, -0.25) is 19.3 Å². The summed E-state index contributed by atoms with van der Waals surface area (Å²) in [5, 5.41) is 17.7. The van der Waals surface area contributed by atoms with E-state index in [9.17, 15) is 24.3 Å². The molecule has 0 radical (unpaired) electrons. The molecule has 1 aliphatic heterocycles. The maximum atomic E-state index is 13.2. The summed E-state index contributed by atoms with van der Waals surface area (Å²) in [6, 6.07) is 12.4. The van der Waals surface area contributed by atoms with E-state index in [-0.39, 0.29) is 30.3 Å². The standard InChI is InChI=1S/C30H42N4O5S/c1-4-21(2)26(32-29(37)27-13-8-15-34(27)20-35)18-33(19-28(36)31-25(30(38)39)14-16-40-3)17-23-11-7-10-22-9-5-6-12-24(22)23/h5-7,9-12,20-21,25-27H,4,8,13-19H2,1-3H3,(H,31,36)(H,32,37)(H,38,39)/t21?,25?,26?,27-/m0/s1. The highest BCUT2D eigenvalue weighted by molar-refractivity contribution is 7.98. The summed E-state index contributed by atoms with van der Waals surface area (Å²) in [4.78, 5) is 53.1. The van der Waals surface area contributed by atoms with Gasteiger partial charge in [-0.05, 0) is 53.5 Å². The molecule has 0 saturated carbocycles. The lowest BCUT2D eigenvalue weighted by molar-refractivity contribution is -0.142. The number of amides is 3. The average Bonchev–Trinajstić information content (AvgIpc) is 3.43. The van der Waals surface area contributed by atoms with Gasteiger partial charge in [0.25, 0.3) is 0 Å². The fraction of sp³-hybridized carbons (Fsp3) is 0.533. The first-order valence-corrected chi connectivity index (χ1v) is 15.4. The number of carboxylic acid groups (broad SMARTS) is 1. The van der Waals surface area contributed by atoms with Crippen molar-refractivity contribution in [1.29, 1.82) is 0 Å². The topological polar surface area (TPSA) is 119 Å². The lowest BCUT2D eigenvalue weighted by atomic mass is 9.97. The molecule has 3 unspecified atom stereocenters. The van der Waals surface area contributed by atoms with Crippen LogP contribution >= 0.6 is 11.8 Å². The molecule has 0 aromatic heterocycles. The molecule has 0 bridgehead atoms. The van der Waals surface area contributed by atoms with Gasteiger partial charge in [0.15, 0.2) is 0 Å². The van der Waals surface area contributed by atoms with Gasteiger partial charge in [0.2, 0.25) is 18.2 Å². The number of carbonyl (C=O) groups excluding carboxylic acids is 3. The van der Waals surface area contributed by atoms with Gasteiger partial charge < -0.3 is 20.6 Å². The fourth-order valence-electron chi connectivity index (χ4n) is 5.20. The second-order valence-electron chi connectivity index (χ2n) is 10.5. The number of nitrogens with one attached hydrogen (secondary N) is 2. The van der Waals surface area contributed by atoms with E-state index in [0.29, 0.717) is 38.2 Å². The molecule has 1 aliphatic rings. The van der Waals surface area contributed by atoms with Crippen LogP contribution in [0.4, 0.5) is 0 Å². The Morgan fingerprint density at radius 2 is 1.93 bits per heavy atom. The number of hydrogen-bond acceptors (Lipinski definition) is 6. The molecule has 10 heteroatoms. The van der Waals surface area contributed by atoms with Crippen molar-refractivity contribution in [3.8, 4) is 0 Å². The Bertz CT molecular complexity index is 1160. The molecule has 1 fully saturated rings. The van der Waals surface area contributed by atoms with Crippen LogP contribution in [-0.2, 0) is 25.7 Å². The second kappa shape index (κ2) is 15.6. The van der Waals surface area contributed by atoms with Gasteiger partial charge in [0, 0.05) is 25.7 Å². The number of carbonyl (C=O) groups is 4. The molecule has 9 nitrogen and oxygen atoms in total. The number of likely N-dealkylation sites (tertiary alicyclic amines) is 1. The SMILES string of the molecule is CCC(C)C(CN(CC(=O)NC(CCSC)C(=O)O)Cc1cccc2ccccc12)NC(=O)[C@@H]1CCCN1C=O. The minimum Gasteiger partial charge on any atom is -0.480 e. The van der Waals surface area contributed by atoms with Crippen molar-refractivity contribution in [3.63, 3.8) is 0 Å². The Balaban J connectivity index is 1.84. The molecule has 3 N–H and O–H groups in total. The molecule has 1 saturated heterocycles. The van der Waals surface area contributed by atoms with E-state index in [4.69, 9.17) is 0 Å². The number of aliphatic carboxylic acids is 1. The van der Waals surface area contributed by atoms with Crippen LogP contribution in [0.25, 0.3) is 10.8 Å². The fourth-order valence-corrected chi connectivity index (χ4v) is 5.67. The summed E-state index contributed by atoms with van der Waals surface area (Å²) < 4.78 is 0. The first-order chi connectivity index (χ1) is 19.3.